The molecule has 2 aliphatic rings. The van der Waals surface area contributed by atoms with Gasteiger partial charge >= 0.3 is 0 Å². The van der Waals surface area contributed by atoms with E-state index in [9.17, 15) is 5.11 Å². The summed E-state index contributed by atoms with van der Waals surface area (Å²) in [4.78, 5) is 13.2. The standard InChI is InChI=1S/C17H23N5O2/c23-15-11-21(10-14(15)22-7-2-1-3-8-22)12-16-19-17(20-24-16)13-5-4-6-18-9-13/h4-6,9,14-15,23H,1-3,7-8,10-12H2/t14-,15-/m0/s1. The number of aliphatic hydroxyl groups is 1. The lowest BCUT2D eigenvalue weighted by Crippen LogP contribution is -2.45. The number of likely N-dealkylation sites (tertiary alicyclic amines) is 2. The Hall–Kier alpha value is -1.83. The maximum Gasteiger partial charge on any atom is 0.241 e. The highest BCUT2D eigenvalue weighted by Gasteiger charge is 2.36. The van der Waals surface area contributed by atoms with Gasteiger partial charge in [0.1, 0.15) is 0 Å². The smallest absolute Gasteiger partial charge is 0.241 e. The van der Waals surface area contributed by atoms with Crippen molar-refractivity contribution in [3.63, 3.8) is 0 Å². The quantitative estimate of drug-likeness (QED) is 0.902. The van der Waals surface area contributed by atoms with Gasteiger partial charge in [0.15, 0.2) is 0 Å². The first-order valence-corrected chi connectivity index (χ1v) is 8.67. The third kappa shape index (κ3) is 3.33. The van der Waals surface area contributed by atoms with Crippen molar-refractivity contribution in [2.45, 2.75) is 38.0 Å². The van der Waals surface area contributed by atoms with Crippen molar-refractivity contribution >= 4 is 0 Å². The molecule has 0 radical (unpaired) electrons. The monoisotopic (exact) mass is 329 g/mol. The fourth-order valence-electron chi connectivity index (χ4n) is 3.71. The molecule has 0 saturated carbocycles. The topological polar surface area (TPSA) is 78.5 Å². The van der Waals surface area contributed by atoms with Crippen molar-refractivity contribution in [3.05, 3.63) is 30.4 Å². The molecular weight excluding hydrogens is 306 g/mol. The Balaban J connectivity index is 1.38. The fourth-order valence-corrected chi connectivity index (χ4v) is 3.71. The van der Waals surface area contributed by atoms with E-state index in [1.54, 1.807) is 12.4 Å². The van der Waals surface area contributed by atoms with Crippen LogP contribution in [0.2, 0.25) is 0 Å². The van der Waals surface area contributed by atoms with Crippen LogP contribution in [-0.4, -0.2) is 68.4 Å². The highest BCUT2D eigenvalue weighted by molar-refractivity contribution is 5.51. The minimum atomic E-state index is -0.302. The van der Waals surface area contributed by atoms with Crippen molar-refractivity contribution in [3.8, 4) is 11.4 Å². The molecule has 0 unspecified atom stereocenters. The van der Waals surface area contributed by atoms with E-state index < -0.39 is 0 Å². The van der Waals surface area contributed by atoms with Crippen LogP contribution >= 0.6 is 0 Å². The second-order valence-electron chi connectivity index (χ2n) is 6.68. The van der Waals surface area contributed by atoms with Gasteiger partial charge in [-0.15, -0.1) is 0 Å². The van der Waals surface area contributed by atoms with E-state index >= 15 is 0 Å². The molecule has 0 spiro atoms. The lowest BCUT2D eigenvalue weighted by molar-refractivity contribution is 0.0705. The van der Waals surface area contributed by atoms with Gasteiger partial charge in [-0.05, 0) is 38.1 Å². The van der Waals surface area contributed by atoms with Crippen molar-refractivity contribution in [1.29, 1.82) is 0 Å². The summed E-state index contributed by atoms with van der Waals surface area (Å²) in [6.07, 6.45) is 6.92. The predicted molar refractivity (Wildman–Crippen MR) is 88.0 cm³/mol. The molecule has 0 bridgehead atoms. The third-order valence-corrected chi connectivity index (χ3v) is 4.94. The van der Waals surface area contributed by atoms with Gasteiger partial charge in [-0.3, -0.25) is 14.8 Å². The van der Waals surface area contributed by atoms with Crippen LogP contribution in [0.1, 0.15) is 25.2 Å². The van der Waals surface area contributed by atoms with Crippen molar-refractivity contribution in [1.82, 2.24) is 24.9 Å². The minimum absolute atomic E-state index is 0.228. The molecule has 0 amide bonds. The predicted octanol–water partition coefficient (Wildman–Crippen LogP) is 1.16. The van der Waals surface area contributed by atoms with Crippen molar-refractivity contribution in [2.75, 3.05) is 26.2 Å². The van der Waals surface area contributed by atoms with Gasteiger partial charge in [0.25, 0.3) is 0 Å². The zero-order chi connectivity index (χ0) is 16.4. The van der Waals surface area contributed by atoms with E-state index in [2.05, 4.69) is 24.9 Å². The highest BCUT2D eigenvalue weighted by atomic mass is 16.5. The molecular formula is C17H23N5O2. The van der Waals surface area contributed by atoms with Crippen LogP contribution in [0.3, 0.4) is 0 Å². The maximum atomic E-state index is 10.4. The SMILES string of the molecule is O[C@H]1CN(Cc2nc(-c3cccnc3)no2)C[C@@H]1N1CCCCC1. The molecule has 7 nitrogen and oxygen atoms in total. The molecule has 2 aromatic heterocycles. The number of nitrogens with zero attached hydrogens (tertiary/aromatic N) is 5. The molecule has 24 heavy (non-hydrogen) atoms. The summed E-state index contributed by atoms with van der Waals surface area (Å²) in [5.74, 6) is 1.14. The van der Waals surface area contributed by atoms with E-state index in [0.717, 1.165) is 25.2 Å². The van der Waals surface area contributed by atoms with E-state index in [-0.39, 0.29) is 12.1 Å². The molecule has 1 N–H and O–H groups in total. The first-order valence-electron chi connectivity index (χ1n) is 8.67. The normalized spacial score (nSPS) is 26.0. The molecule has 4 heterocycles. The molecule has 2 saturated heterocycles. The van der Waals surface area contributed by atoms with Gasteiger partial charge in [-0.25, -0.2) is 0 Å². The summed E-state index contributed by atoms with van der Waals surface area (Å²) in [7, 11) is 0. The molecule has 0 aliphatic carbocycles. The maximum absolute atomic E-state index is 10.4. The Morgan fingerprint density at radius 2 is 2.08 bits per heavy atom. The van der Waals surface area contributed by atoms with Gasteiger partial charge in [0.05, 0.1) is 12.6 Å². The molecule has 2 atom stereocenters. The number of aliphatic hydroxyl groups excluding tert-OH is 1. The second-order valence-corrected chi connectivity index (χ2v) is 6.68. The Morgan fingerprint density at radius 1 is 1.21 bits per heavy atom. The number of hydrogen-bond donors (Lipinski definition) is 1. The van der Waals surface area contributed by atoms with Crippen molar-refractivity contribution in [2.24, 2.45) is 0 Å². The average Bonchev–Trinajstić information content (AvgIpc) is 3.23. The summed E-state index contributed by atoms with van der Waals surface area (Å²) in [5, 5.41) is 14.4. The minimum Gasteiger partial charge on any atom is -0.390 e. The van der Waals surface area contributed by atoms with Crippen LogP contribution in [0.4, 0.5) is 0 Å². The van der Waals surface area contributed by atoms with Crippen LogP contribution in [0, 0.1) is 0 Å². The zero-order valence-corrected chi connectivity index (χ0v) is 13.7. The van der Waals surface area contributed by atoms with E-state index in [4.69, 9.17) is 4.52 Å². The summed E-state index contributed by atoms with van der Waals surface area (Å²) in [6.45, 7) is 4.29. The van der Waals surface area contributed by atoms with E-state index in [1.165, 1.54) is 19.3 Å². The van der Waals surface area contributed by atoms with E-state index in [0.29, 0.717) is 24.8 Å². The molecule has 4 rings (SSSR count). The average molecular weight is 329 g/mol. The molecule has 2 aromatic rings. The Labute approximate surface area is 141 Å². The lowest BCUT2D eigenvalue weighted by atomic mass is 10.1. The number of rotatable bonds is 4. The summed E-state index contributed by atoms with van der Waals surface area (Å²) >= 11 is 0. The summed E-state index contributed by atoms with van der Waals surface area (Å²) in [6, 6.07) is 3.99. The van der Waals surface area contributed by atoms with Crippen LogP contribution in [0.25, 0.3) is 11.4 Å². The summed E-state index contributed by atoms with van der Waals surface area (Å²) < 4.78 is 5.37. The van der Waals surface area contributed by atoms with Gasteiger partial charge in [-0.1, -0.05) is 11.6 Å². The van der Waals surface area contributed by atoms with E-state index in [1.807, 2.05) is 12.1 Å². The van der Waals surface area contributed by atoms with Crippen LogP contribution in [0.5, 0.6) is 0 Å². The molecule has 2 fully saturated rings. The lowest BCUT2D eigenvalue weighted by Gasteiger charge is -2.33. The zero-order valence-electron chi connectivity index (χ0n) is 13.7. The highest BCUT2D eigenvalue weighted by Crippen LogP contribution is 2.22. The Morgan fingerprint density at radius 3 is 2.88 bits per heavy atom. The number of β-amino-alcohol motifs (C(OH)–C–C–N with tert-alkyl or cyclic N) is 1. The van der Waals surface area contributed by atoms with Crippen molar-refractivity contribution < 1.29 is 9.63 Å². The number of hydrogen-bond acceptors (Lipinski definition) is 7. The van der Waals surface area contributed by atoms with Crippen LogP contribution in [0.15, 0.2) is 29.0 Å². The third-order valence-electron chi connectivity index (χ3n) is 4.94. The largest absolute Gasteiger partial charge is 0.390 e. The first kappa shape index (κ1) is 15.7. The molecule has 2 aliphatic heterocycles. The van der Waals surface area contributed by atoms with Gasteiger partial charge < -0.3 is 9.63 Å². The van der Waals surface area contributed by atoms with Crippen LogP contribution < -0.4 is 0 Å². The number of piperidine rings is 1. The Bertz CT molecular complexity index is 656. The van der Waals surface area contributed by atoms with Gasteiger partial charge in [0, 0.05) is 37.1 Å². The Kier molecular flexibility index (Phi) is 4.55. The van der Waals surface area contributed by atoms with Gasteiger partial charge in [0.2, 0.25) is 11.7 Å². The molecule has 0 aromatic carbocycles. The van der Waals surface area contributed by atoms with Gasteiger partial charge in [-0.2, -0.15) is 4.98 Å². The number of aromatic nitrogens is 3. The number of pyridine rings is 1. The first-order chi connectivity index (χ1) is 11.8. The molecule has 128 valence electrons. The van der Waals surface area contributed by atoms with Crippen LogP contribution in [-0.2, 0) is 6.54 Å². The fraction of sp³-hybridized carbons (Fsp3) is 0.588. The molecule has 7 heteroatoms. The summed E-state index contributed by atoms with van der Waals surface area (Å²) in [5.41, 5.74) is 0.847. The second kappa shape index (κ2) is 6.96.